The van der Waals surface area contributed by atoms with Gasteiger partial charge in [-0.15, -0.1) is 0 Å². The number of para-hydroxylation sites is 1. The van der Waals surface area contributed by atoms with E-state index in [4.69, 9.17) is 9.47 Å². The first-order valence-corrected chi connectivity index (χ1v) is 11.0. The van der Waals surface area contributed by atoms with Gasteiger partial charge in [-0.1, -0.05) is 48.5 Å². The first-order chi connectivity index (χ1) is 16.2. The first-order valence-electron chi connectivity index (χ1n) is 11.0. The van der Waals surface area contributed by atoms with E-state index in [0.717, 1.165) is 22.0 Å². The number of fused-ring (bicyclic) bond motifs is 2. The Balaban J connectivity index is 1.41. The second-order valence-electron chi connectivity index (χ2n) is 8.04. The quantitative estimate of drug-likeness (QED) is 0.454. The largest absolute Gasteiger partial charge is 0.486 e. The zero-order valence-electron chi connectivity index (χ0n) is 18.0. The molecule has 4 aromatic rings. The number of H-pyrrole nitrogens is 1. The van der Waals surface area contributed by atoms with Gasteiger partial charge in [0.25, 0.3) is 5.91 Å². The second kappa shape index (κ2) is 9.20. The highest BCUT2D eigenvalue weighted by Crippen LogP contribution is 2.34. The number of aromatic amines is 1. The lowest BCUT2D eigenvalue weighted by Crippen LogP contribution is -2.43. The molecule has 6 heteroatoms. The average Bonchev–Trinajstić information content (AvgIpc) is 3.33. The second-order valence-corrected chi connectivity index (χ2v) is 8.04. The van der Waals surface area contributed by atoms with Crippen LogP contribution in [0, 0.1) is 0 Å². The van der Waals surface area contributed by atoms with Crippen LogP contribution in [0.1, 0.15) is 21.5 Å². The number of amides is 1. The normalized spacial score (nSPS) is 13.5. The number of carbonyl (C=O) groups excluding carboxylic acids is 2. The number of hydrogen-bond acceptors (Lipinski definition) is 4. The molecule has 1 atom stereocenters. The maximum absolute atomic E-state index is 13.5. The van der Waals surface area contributed by atoms with Gasteiger partial charge in [0.05, 0.1) is 6.04 Å². The summed E-state index contributed by atoms with van der Waals surface area (Å²) >= 11 is 0. The number of ketones is 1. The minimum atomic E-state index is -0.686. The fourth-order valence-electron chi connectivity index (χ4n) is 4.20. The van der Waals surface area contributed by atoms with Crippen LogP contribution in [-0.4, -0.2) is 35.9 Å². The topological polar surface area (TPSA) is 80.4 Å². The molecule has 0 saturated heterocycles. The average molecular weight is 440 g/mol. The van der Waals surface area contributed by atoms with Crippen molar-refractivity contribution >= 4 is 22.6 Å². The molecule has 1 amide bonds. The lowest BCUT2D eigenvalue weighted by molar-refractivity contribution is -0.120. The monoisotopic (exact) mass is 440 g/mol. The van der Waals surface area contributed by atoms with Crippen LogP contribution in [0.2, 0.25) is 0 Å². The van der Waals surface area contributed by atoms with Gasteiger partial charge in [0.15, 0.2) is 17.3 Å². The number of aromatic nitrogens is 1. The lowest BCUT2D eigenvalue weighted by Gasteiger charge is -2.22. The van der Waals surface area contributed by atoms with Crippen LogP contribution in [0.25, 0.3) is 10.9 Å². The van der Waals surface area contributed by atoms with Crippen molar-refractivity contribution in [1.82, 2.24) is 10.3 Å². The molecule has 0 aliphatic carbocycles. The highest BCUT2D eigenvalue weighted by Gasteiger charge is 2.25. The summed E-state index contributed by atoms with van der Waals surface area (Å²) in [5, 5.41) is 3.81. The SMILES string of the molecule is O=C(NC(Cc1ccccc1)C(=O)Cc1cccc2c1OCCO2)c1cccc2[nH]ccc12. The Kier molecular flexibility index (Phi) is 5.81. The maximum atomic E-state index is 13.5. The third kappa shape index (κ3) is 4.46. The van der Waals surface area contributed by atoms with Gasteiger partial charge in [0.1, 0.15) is 13.2 Å². The van der Waals surface area contributed by atoms with Crippen molar-refractivity contribution in [2.75, 3.05) is 13.2 Å². The van der Waals surface area contributed by atoms with Gasteiger partial charge in [-0.25, -0.2) is 0 Å². The van der Waals surface area contributed by atoms with Crippen LogP contribution in [0.5, 0.6) is 11.5 Å². The van der Waals surface area contributed by atoms with E-state index in [1.165, 1.54) is 0 Å². The molecular formula is C27H24N2O4. The molecule has 0 bridgehead atoms. The summed E-state index contributed by atoms with van der Waals surface area (Å²) in [5.74, 6) is 0.897. The zero-order valence-corrected chi connectivity index (χ0v) is 18.0. The number of nitrogens with one attached hydrogen (secondary N) is 2. The van der Waals surface area contributed by atoms with Crippen LogP contribution >= 0.6 is 0 Å². The van der Waals surface area contributed by atoms with Crippen molar-refractivity contribution in [1.29, 1.82) is 0 Å². The van der Waals surface area contributed by atoms with Gasteiger partial charge >= 0.3 is 0 Å². The Hall–Kier alpha value is -4.06. The van der Waals surface area contributed by atoms with E-state index in [1.54, 1.807) is 12.3 Å². The van der Waals surface area contributed by atoms with Crippen molar-refractivity contribution in [3.8, 4) is 11.5 Å². The van der Waals surface area contributed by atoms with Crippen molar-refractivity contribution in [3.63, 3.8) is 0 Å². The van der Waals surface area contributed by atoms with Crippen molar-refractivity contribution in [2.24, 2.45) is 0 Å². The maximum Gasteiger partial charge on any atom is 0.252 e. The number of Topliss-reactive ketones (excluding diaryl/α,β-unsaturated/α-hetero) is 1. The molecule has 2 heterocycles. The molecule has 2 N–H and O–H groups in total. The molecule has 1 aliphatic rings. The molecule has 6 nitrogen and oxygen atoms in total. The van der Waals surface area contributed by atoms with Crippen LogP contribution in [-0.2, 0) is 17.6 Å². The summed E-state index contributed by atoms with van der Waals surface area (Å²) in [4.78, 5) is 29.8. The Morgan fingerprint density at radius 1 is 0.909 bits per heavy atom. The van der Waals surface area contributed by atoms with Gasteiger partial charge in [-0.3, -0.25) is 9.59 Å². The standard InChI is InChI=1S/C27H24N2O4/c30-24(17-19-8-4-11-25-26(19)33-15-14-32-25)23(16-18-6-2-1-3-7-18)29-27(31)21-9-5-10-22-20(21)12-13-28-22/h1-13,23,28H,14-17H2,(H,29,31). The molecule has 0 saturated carbocycles. The van der Waals surface area contributed by atoms with E-state index in [2.05, 4.69) is 10.3 Å². The summed E-state index contributed by atoms with van der Waals surface area (Å²) in [7, 11) is 0. The summed E-state index contributed by atoms with van der Waals surface area (Å²) in [6.45, 7) is 0.935. The fourth-order valence-corrected chi connectivity index (χ4v) is 4.20. The van der Waals surface area contributed by atoms with Crippen LogP contribution in [0.15, 0.2) is 79.0 Å². The van der Waals surface area contributed by atoms with Crippen molar-refractivity contribution in [3.05, 3.63) is 95.7 Å². The molecule has 3 aromatic carbocycles. The van der Waals surface area contributed by atoms with Crippen LogP contribution in [0.4, 0.5) is 0 Å². The minimum absolute atomic E-state index is 0.0870. The highest BCUT2D eigenvalue weighted by atomic mass is 16.6. The number of carbonyl (C=O) groups is 2. The minimum Gasteiger partial charge on any atom is -0.486 e. The smallest absolute Gasteiger partial charge is 0.252 e. The number of hydrogen-bond donors (Lipinski definition) is 2. The lowest BCUT2D eigenvalue weighted by atomic mass is 9.96. The third-order valence-corrected chi connectivity index (χ3v) is 5.83. The molecule has 1 unspecified atom stereocenters. The van der Waals surface area contributed by atoms with Crippen LogP contribution in [0.3, 0.4) is 0 Å². The van der Waals surface area contributed by atoms with E-state index >= 15 is 0 Å². The number of ether oxygens (including phenoxy) is 2. The first kappa shape index (κ1) is 20.8. The van der Waals surface area contributed by atoms with Gasteiger partial charge < -0.3 is 19.8 Å². The van der Waals surface area contributed by atoms with Crippen LogP contribution < -0.4 is 14.8 Å². The Bertz CT molecular complexity index is 1300. The molecule has 1 aliphatic heterocycles. The molecule has 5 rings (SSSR count). The van der Waals surface area contributed by atoms with E-state index in [9.17, 15) is 9.59 Å². The highest BCUT2D eigenvalue weighted by molar-refractivity contribution is 6.07. The predicted molar refractivity (Wildman–Crippen MR) is 126 cm³/mol. The van der Waals surface area contributed by atoms with Gasteiger partial charge in [-0.05, 0) is 36.2 Å². The van der Waals surface area contributed by atoms with Gasteiger partial charge in [-0.2, -0.15) is 0 Å². The number of rotatable bonds is 7. The molecule has 0 radical (unpaired) electrons. The molecule has 33 heavy (non-hydrogen) atoms. The predicted octanol–water partition coefficient (Wildman–Crippen LogP) is 4.09. The van der Waals surface area contributed by atoms with Gasteiger partial charge in [0, 0.05) is 34.6 Å². The summed E-state index contributed by atoms with van der Waals surface area (Å²) in [5.41, 5.74) is 3.15. The molecule has 1 aromatic heterocycles. The van der Waals surface area contributed by atoms with E-state index < -0.39 is 6.04 Å². The van der Waals surface area contributed by atoms with Gasteiger partial charge in [0.2, 0.25) is 0 Å². The van der Waals surface area contributed by atoms with Crippen molar-refractivity contribution < 1.29 is 19.1 Å². The molecule has 166 valence electrons. The Morgan fingerprint density at radius 3 is 2.61 bits per heavy atom. The third-order valence-electron chi connectivity index (χ3n) is 5.83. The Morgan fingerprint density at radius 2 is 1.73 bits per heavy atom. The Labute approximate surface area is 191 Å². The summed E-state index contributed by atoms with van der Waals surface area (Å²) in [6, 6.07) is 22.0. The fraction of sp³-hybridized carbons (Fsp3) is 0.185. The number of benzene rings is 3. The molecule has 0 fully saturated rings. The van der Waals surface area contributed by atoms with E-state index in [1.807, 2.05) is 66.7 Å². The summed E-state index contributed by atoms with van der Waals surface area (Å²) < 4.78 is 11.4. The van der Waals surface area contributed by atoms with E-state index in [-0.39, 0.29) is 18.1 Å². The summed E-state index contributed by atoms with van der Waals surface area (Å²) in [6.07, 6.45) is 2.34. The van der Waals surface area contributed by atoms with Crippen molar-refractivity contribution in [2.45, 2.75) is 18.9 Å². The molecular weight excluding hydrogens is 416 g/mol. The van der Waals surface area contributed by atoms with E-state index in [0.29, 0.717) is 36.7 Å². The molecule has 0 spiro atoms. The zero-order chi connectivity index (χ0) is 22.6.